The zero-order chi connectivity index (χ0) is 17.2. The van der Waals surface area contributed by atoms with Crippen LogP contribution >= 0.6 is 27.5 Å². The van der Waals surface area contributed by atoms with Gasteiger partial charge >= 0.3 is 10.1 Å². The van der Waals surface area contributed by atoms with E-state index in [-0.39, 0.29) is 27.2 Å². The largest absolute Gasteiger partial charge is 0.493 e. The number of carbonyl (C=O) groups excluding carboxylic acids is 1. The van der Waals surface area contributed by atoms with Crippen molar-refractivity contribution in [2.45, 2.75) is 11.8 Å². The molecule has 0 fully saturated rings. The molecular weight excluding hydrogens is 408 g/mol. The Kier molecular flexibility index (Phi) is 5.33. The van der Waals surface area contributed by atoms with Crippen molar-refractivity contribution >= 4 is 43.4 Å². The molecule has 0 unspecified atom stereocenters. The maximum absolute atomic E-state index is 12.4. The van der Waals surface area contributed by atoms with Gasteiger partial charge < -0.3 is 8.92 Å². The van der Waals surface area contributed by atoms with Gasteiger partial charge in [-0.1, -0.05) is 27.5 Å². The summed E-state index contributed by atoms with van der Waals surface area (Å²) in [4.78, 5) is 11.2. The van der Waals surface area contributed by atoms with Gasteiger partial charge in [-0.3, -0.25) is 4.79 Å². The lowest BCUT2D eigenvalue weighted by molar-refractivity contribution is 0.101. The van der Waals surface area contributed by atoms with E-state index in [9.17, 15) is 13.2 Å². The summed E-state index contributed by atoms with van der Waals surface area (Å²) in [5, 5.41) is 0.0266. The van der Waals surface area contributed by atoms with Crippen LogP contribution in [0.4, 0.5) is 0 Å². The first kappa shape index (κ1) is 17.8. The first-order chi connectivity index (χ1) is 10.7. The molecule has 0 amide bonds. The molecule has 0 saturated carbocycles. The molecule has 0 aliphatic heterocycles. The lowest BCUT2D eigenvalue weighted by Crippen LogP contribution is -2.11. The van der Waals surface area contributed by atoms with Crippen LogP contribution in [-0.2, 0) is 10.1 Å². The van der Waals surface area contributed by atoms with Gasteiger partial charge in [-0.05, 0) is 43.3 Å². The third-order valence-corrected chi connectivity index (χ3v) is 5.14. The van der Waals surface area contributed by atoms with Crippen LogP contribution in [0.25, 0.3) is 0 Å². The van der Waals surface area contributed by atoms with Crippen LogP contribution in [0.1, 0.15) is 17.3 Å². The molecule has 8 heteroatoms. The van der Waals surface area contributed by atoms with Gasteiger partial charge in [0, 0.05) is 10.0 Å². The summed E-state index contributed by atoms with van der Waals surface area (Å²) in [6.45, 7) is 1.40. The van der Waals surface area contributed by atoms with Gasteiger partial charge in [-0.25, -0.2) is 0 Å². The Morgan fingerprint density at radius 1 is 1.13 bits per heavy atom. The molecule has 2 aromatic rings. The van der Waals surface area contributed by atoms with Crippen LogP contribution in [0.3, 0.4) is 0 Å². The lowest BCUT2D eigenvalue weighted by Gasteiger charge is -2.12. The van der Waals surface area contributed by atoms with Gasteiger partial charge in [0.1, 0.15) is 4.90 Å². The van der Waals surface area contributed by atoms with Gasteiger partial charge in [0.05, 0.1) is 12.1 Å². The highest BCUT2D eigenvalue weighted by Gasteiger charge is 2.22. The highest BCUT2D eigenvalue weighted by atomic mass is 79.9. The molecule has 122 valence electrons. The molecule has 0 aromatic heterocycles. The molecule has 0 saturated heterocycles. The molecule has 5 nitrogen and oxygen atoms in total. The third-order valence-electron chi connectivity index (χ3n) is 2.93. The summed E-state index contributed by atoms with van der Waals surface area (Å²) in [6, 6.07) is 8.55. The van der Waals surface area contributed by atoms with E-state index in [0.717, 1.165) is 0 Å². The van der Waals surface area contributed by atoms with Crippen molar-refractivity contribution < 1.29 is 22.1 Å². The van der Waals surface area contributed by atoms with Crippen LogP contribution in [0.5, 0.6) is 11.5 Å². The summed E-state index contributed by atoms with van der Waals surface area (Å²) < 4.78 is 35.6. The number of ketones is 1. The Bertz CT molecular complexity index is 864. The van der Waals surface area contributed by atoms with Gasteiger partial charge in [-0.2, -0.15) is 8.42 Å². The number of methoxy groups -OCH3 is 1. The molecule has 0 aliphatic rings. The van der Waals surface area contributed by atoms with E-state index in [1.54, 1.807) is 0 Å². The van der Waals surface area contributed by atoms with Crippen molar-refractivity contribution in [1.82, 2.24) is 0 Å². The van der Waals surface area contributed by atoms with Crippen LogP contribution in [0.2, 0.25) is 5.02 Å². The molecule has 2 rings (SSSR count). The fourth-order valence-corrected chi connectivity index (χ4v) is 3.75. The van der Waals surface area contributed by atoms with Crippen LogP contribution in [-0.4, -0.2) is 21.3 Å². The van der Waals surface area contributed by atoms with Crippen molar-refractivity contribution in [2.75, 3.05) is 7.11 Å². The molecule has 2 aromatic carbocycles. The van der Waals surface area contributed by atoms with Crippen molar-refractivity contribution in [3.05, 3.63) is 51.5 Å². The average molecular weight is 420 g/mol. The van der Waals surface area contributed by atoms with Crippen molar-refractivity contribution in [1.29, 1.82) is 0 Å². The maximum Gasteiger partial charge on any atom is 0.340 e. The Morgan fingerprint density at radius 2 is 1.83 bits per heavy atom. The minimum absolute atomic E-state index is 0.0266. The lowest BCUT2D eigenvalue weighted by atomic mass is 10.1. The molecule has 0 spiro atoms. The number of ether oxygens (including phenoxy) is 1. The number of rotatable bonds is 5. The smallest absolute Gasteiger partial charge is 0.340 e. The van der Waals surface area contributed by atoms with E-state index >= 15 is 0 Å². The monoisotopic (exact) mass is 418 g/mol. The minimum atomic E-state index is -4.14. The zero-order valence-corrected chi connectivity index (χ0v) is 15.3. The predicted molar refractivity (Wildman–Crippen MR) is 90.0 cm³/mol. The second-order valence-electron chi connectivity index (χ2n) is 4.53. The van der Waals surface area contributed by atoms with Crippen molar-refractivity contribution in [3.8, 4) is 11.5 Å². The summed E-state index contributed by atoms with van der Waals surface area (Å²) in [5.74, 6) is -0.0698. The SMILES string of the molecule is COc1cc(C(C)=O)ccc1OS(=O)(=O)c1ccc(Br)cc1Cl. The Morgan fingerprint density at radius 3 is 2.39 bits per heavy atom. The number of carbonyl (C=O) groups is 1. The highest BCUT2D eigenvalue weighted by Crippen LogP contribution is 2.33. The summed E-state index contributed by atoms with van der Waals surface area (Å²) >= 11 is 9.16. The number of halogens is 2. The Labute approximate surface area is 147 Å². The van der Waals surface area contributed by atoms with E-state index in [0.29, 0.717) is 10.0 Å². The van der Waals surface area contributed by atoms with Gasteiger partial charge in [0.25, 0.3) is 0 Å². The summed E-state index contributed by atoms with van der Waals surface area (Å²) in [5.41, 5.74) is 0.383. The standard InChI is InChI=1S/C15H12BrClO5S/c1-9(18)10-3-5-13(14(7-10)21-2)22-23(19,20)15-6-4-11(16)8-12(15)17/h3-8H,1-2H3. The molecule has 0 aliphatic carbocycles. The van der Waals surface area contributed by atoms with E-state index in [1.807, 2.05) is 0 Å². The van der Waals surface area contributed by atoms with Gasteiger partial charge in [0.2, 0.25) is 0 Å². The van der Waals surface area contributed by atoms with Gasteiger partial charge in [0.15, 0.2) is 17.3 Å². The summed E-state index contributed by atoms with van der Waals surface area (Å²) in [6.07, 6.45) is 0. The van der Waals surface area contributed by atoms with E-state index in [1.165, 1.54) is 50.4 Å². The molecule has 23 heavy (non-hydrogen) atoms. The average Bonchev–Trinajstić information content (AvgIpc) is 2.46. The number of benzene rings is 2. The Balaban J connectivity index is 2.43. The molecule has 0 radical (unpaired) electrons. The number of hydrogen-bond acceptors (Lipinski definition) is 5. The Hall–Kier alpha value is -1.57. The van der Waals surface area contributed by atoms with Crippen LogP contribution < -0.4 is 8.92 Å². The first-order valence-corrected chi connectivity index (χ1v) is 8.91. The molecule has 0 N–H and O–H groups in total. The maximum atomic E-state index is 12.4. The van der Waals surface area contributed by atoms with Crippen LogP contribution in [0, 0.1) is 0 Å². The first-order valence-electron chi connectivity index (χ1n) is 6.33. The van der Waals surface area contributed by atoms with Crippen LogP contribution in [0.15, 0.2) is 45.8 Å². The quantitative estimate of drug-likeness (QED) is 0.539. The normalized spacial score (nSPS) is 11.1. The zero-order valence-electron chi connectivity index (χ0n) is 12.2. The fraction of sp³-hybridized carbons (Fsp3) is 0.133. The fourth-order valence-electron chi connectivity index (χ4n) is 1.80. The van der Waals surface area contributed by atoms with E-state index < -0.39 is 10.1 Å². The third kappa shape index (κ3) is 4.04. The van der Waals surface area contributed by atoms with Crippen molar-refractivity contribution in [3.63, 3.8) is 0 Å². The van der Waals surface area contributed by atoms with E-state index in [4.69, 9.17) is 20.5 Å². The van der Waals surface area contributed by atoms with Crippen molar-refractivity contribution in [2.24, 2.45) is 0 Å². The molecular formula is C15H12BrClO5S. The number of hydrogen-bond donors (Lipinski definition) is 0. The summed E-state index contributed by atoms with van der Waals surface area (Å²) in [7, 11) is -2.79. The molecule has 0 heterocycles. The highest BCUT2D eigenvalue weighted by molar-refractivity contribution is 9.10. The van der Waals surface area contributed by atoms with Gasteiger partial charge in [-0.15, -0.1) is 0 Å². The van der Waals surface area contributed by atoms with E-state index in [2.05, 4.69) is 15.9 Å². The second kappa shape index (κ2) is 6.90. The molecule has 0 bridgehead atoms. The topological polar surface area (TPSA) is 69.7 Å². The predicted octanol–water partition coefficient (Wildman–Crippen LogP) is 4.08. The minimum Gasteiger partial charge on any atom is -0.493 e. The molecule has 0 atom stereocenters. The second-order valence-corrected chi connectivity index (χ2v) is 7.37. The number of Topliss-reactive ketones (excluding diaryl/α,β-unsaturated/α-hetero) is 1.